The molecule has 0 aliphatic heterocycles. The third-order valence-corrected chi connectivity index (χ3v) is 3.66. The second-order valence-electron chi connectivity index (χ2n) is 4.65. The fraction of sp³-hybridized carbons (Fsp3) is 0.133. The molecule has 0 unspecified atom stereocenters. The van der Waals surface area contributed by atoms with E-state index in [1.165, 1.54) is 12.1 Å². The van der Waals surface area contributed by atoms with Crippen molar-refractivity contribution in [2.24, 2.45) is 0 Å². The number of rotatable bonds is 5. The molecule has 2 N–H and O–H groups in total. The summed E-state index contributed by atoms with van der Waals surface area (Å²) in [5.41, 5.74) is 3.40. The molecule has 3 nitrogen and oxygen atoms in total. The van der Waals surface area contributed by atoms with Gasteiger partial charge in [-0.2, -0.15) is 11.8 Å². The van der Waals surface area contributed by atoms with Crippen molar-refractivity contribution in [3.05, 3.63) is 64.5 Å². The molecule has 0 aliphatic carbocycles. The van der Waals surface area contributed by atoms with Gasteiger partial charge in [-0.3, -0.25) is 15.6 Å². The summed E-state index contributed by atoms with van der Waals surface area (Å²) < 4.78 is 65.9. The molecule has 1 amide bonds. The van der Waals surface area contributed by atoms with E-state index in [1.54, 1.807) is 29.3 Å². The lowest BCUT2D eigenvalue weighted by Crippen LogP contribution is -2.31. The average molecular weight is 362 g/mol. The molecule has 24 heavy (non-hydrogen) atoms. The Bertz CT molecular complexity index is 738. The van der Waals surface area contributed by atoms with Crippen LogP contribution in [-0.4, -0.2) is 12.2 Å². The van der Waals surface area contributed by atoms with Gasteiger partial charge in [0, 0.05) is 11.3 Å². The minimum atomic E-state index is -2.27. The van der Waals surface area contributed by atoms with E-state index in [0.717, 1.165) is 11.3 Å². The van der Waals surface area contributed by atoms with E-state index < -0.39 is 40.7 Å². The summed E-state index contributed by atoms with van der Waals surface area (Å²) in [6, 6.07) is 6.32. The Hall–Kier alpha value is -2.29. The molecule has 2 rings (SSSR count). The van der Waals surface area contributed by atoms with Gasteiger partial charge in [0.05, 0.1) is 0 Å². The highest BCUT2D eigenvalue weighted by atomic mass is 32.2. The van der Waals surface area contributed by atoms with Crippen LogP contribution in [0.2, 0.25) is 0 Å². The summed E-state index contributed by atoms with van der Waals surface area (Å²) >= 11 is 1.59. The SMILES string of the molecule is CSCc1ccc(C(=O)NNc2c(F)c(F)c(F)c(F)c2F)cc1. The molecule has 0 aliphatic rings. The quantitative estimate of drug-likeness (QED) is 0.366. The highest BCUT2D eigenvalue weighted by Crippen LogP contribution is 2.26. The first kappa shape index (κ1) is 18.1. The number of benzene rings is 2. The van der Waals surface area contributed by atoms with Gasteiger partial charge in [-0.05, 0) is 24.0 Å². The van der Waals surface area contributed by atoms with E-state index in [-0.39, 0.29) is 5.56 Å². The number of carbonyl (C=O) groups excluding carboxylic acids is 1. The maximum absolute atomic E-state index is 13.5. The van der Waals surface area contributed by atoms with Crippen LogP contribution in [0.5, 0.6) is 0 Å². The van der Waals surface area contributed by atoms with Crippen molar-refractivity contribution in [2.45, 2.75) is 5.75 Å². The zero-order chi connectivity index (χ0) is 17.9. The van der Waals surface area contributed by atoms with Crippen molar-refractivity contribution in [1.29, 1.82) is 0 Å². The van der Waals surface area contributed by atoms with Gasteiger partial charge in [0.15, 0.2) is 23.3 Å². The van der Waals surface area contributed by atoms with Crippen molar-refractivity contribution >= 4 is 23.4 Å². The van der Waals surface area contributed by atoms with Gasteiger partial charge < -0.3 is 0 Å². The van der Waals surface area contributed by atoms with Crippen molar-refractivity contribution < 1.29 is 26.7 Å². The van der Waals surface area contributed by atoms with Crippen LogP contribution in [0.1, 0.15) is 15.9 Å². The molecule has 0 atom stereocenters. The molecule has 0 fully saturated rings. The van der Waals surface area contributed by atoms with E-state index in [9.17, 15) is 26.7 Å². The van der Waals surface area contributed by atoms with Crippen LogP contribution in [-0.2, 0) is 5.75 Å². The lowest BCUT2D eigenvalue weighted by Gasteiger charge is -2.12. The average Bonchev–Trinajstić information content (AvgIpc) is 2.59. The van der Waals surface area contributed by atoms with Crippen LogP contribution in [0.4, 0.5) is 27.6 Å². The van der Waals surface area contributed by atoms with E-state index in [4.69, 9.17) is 0 Å². The molecule has 0 saturated carbocycles. The van der Waals surface area contributed by atoms with E-state index in [2.05, 4.69) is 0 Å². The normalized spacial score (nSPS) is 10.6. The predicted octanol–water partition coefficient (Wildman–Crippen LogP) is 4.00. The predicted molar refractivity (Wildman–Crippen MR) is 81.0 cm³/mol. The van der Waals surface area contributed by atoms with Crippen LogP contribution in [0.25, 0.3) is 0 Å². The first-order valence-electron chi connectivity index (χ1n) is 6.52. The van der Waals surface area contributed by atoms with Crippen molar-refractivity contribution in [3.8, 4) is 0 Å². The summed E-state index contributed by atoms with van der Waals surface area (Å²) in [4.78, 5) is 11.9. The summed E-state index contributed by atoms with van der Waals surface area (Å²) in [5.74, 6) is -10.7. The van der Waals surface area contributed by atoms with Crippen LogP contribution in [0.3, 0.4) is 0 Å². The molecular formula is C15H11F5N2OS. The number of amides is 1. The Kier molecular flexibility index (Phi) is 5.66. The summed E-state index contributed by atoms with van der Waals surface area (Å²) in [5, 5.41) is 0. The second kappa shape index (κ2) is 7.52. The number of hydrazine groups is 1. The van der Waals surface area contributed by atoms with Gasteiger partial charge in [-0.1, -0.05) is 12.1 Å². The molecule has 0 spiro atoms. The van der Waals surface area contributed by atoms with E-state index >= 15 is 0 Å². The highest BCUT2D eigenvalue weighted by molar-refractivity contribution is 7.97. The zero-order valence-electron chi connectivity index (χ0n) is 12.2. The Morgan fingerprint density at radius 2 is 1.42 bits per heavy atom. The summed E-state index contributed by atoms with van der Waals surface area (Å²) in [6.45, 7) is 0. The first-order valence-corrected chi connectivity index (χ1v) is 7.91. The zero-order valence-corrected chi connectivity index (χ0v) is 13.0. The van der Waals surface area contributed by atoms with Gasteiger partial charge >= 0.3 is 0 Å². The topological polar surface area (TPSA) is 41.1 Å². The second-order valence-corrected chi connectivity index (χ2v) is 5.52. The first-order chi connectivity index (χ1) is 11.4. The Balaban J connectivity index is 2.15. The lowest BCUT2D eigenvalue weighted by molar-refractivity contribution is 0.0962. The highest BCUT2D eigenvalue weighted by Gasteiger charge is 2.26. The molecule has 2 aromatic rings. The number of halogens is 5. The number of thioether (sulfide) groups is 1. The maximum atomic E-state index is 13.5. The molecular weight excluding hydrogens is 351 g/mol. The fourth-order valence-electron chi connectivity index (χ4n) is 1.83. The van der Waals surface area contributed by atoms with Crippen LogP contribution >= 0.6 is 11.8 Å². The summed E-state index contributed by atoms with van der Waals surface area (Å²) in [6.07, 6.45) is 1.91. The van der Waals surface area contributed by atoms with Gasteiger partial charge in [-0.15, -0.1) is 0 Å². The van der Waals surface area contributed by atoms with Crippen LogP contribution in [0.15, 0.2) is 24.3 Å². The summed E-state index contributed by atoms with van der Waals surface area (Å²) in [7, 11) is 0. The van der Waals surface area contributed by atoms with Gasteiger partial charge in [0.2, 0.25) is 5.82 Å². The molecule has 9 heteroatoms. The molecule has 0 heterocycles. The number of nitrogens with one attached hydrogen (secondary N) is 2. The third-order valence-electron chi connectivity index (χ3n) is 3.04. The van der Waals surface area contributed by atoms with Gasteiger partial charge in [0.1, 0.15) is 5.69 Å². The van der Waals surface area contributed by atoms with Crippen LogP contribution < -0.4 is 10.9 Å². The number of hydrogen-bond acceptors (Lipinski definition) is 3. The van der Waals surface area contributed by atoms with Crippen molar-refractivity contribution in [1.82, 2.24) is 5.43 Å². The monoisotopic (exact) mass is 362 g/mol. The van der Waals surface area contributed by atoms with Gasteiger partial charge in [-0.25, -0.2) is 22.0 Å². The standard InChI is InChI=1S/C15H11F5N2OS/c1-24-6-7-2-4-8(5-3-7)15(23)22-21-14-12(19)10(17)9(16)11(18)13(14)20/h2-5,21H,6H2,1H3,(H,22,23). The number of carbonyl (C=O) groups is 1. The smallest absolute Gasteiger partial charge is 0.269 e. The fourth-order valence-corrected chi connectivity index (χ4v) is 2.35. The Labute approximate surface area is 138 Å². The molecule has 0 bridgehead atoms. The van der Waals surface area contributed by atoms with Gasteiger partial charge in [0.25, 0.3) is 5.91 Å². The lowest BCUT2D eigenvalue weighted by atomic mass is 10.1. The van der Waals surface area contributed by atoms with E-state index in [1.807, 2.05) is 11.7 Å². The number of anilines is 1. The third kappa shape index (κ3) is 3.61. The molecule has 2 aromatic carbocycles. The van der Waals surface area contributed by atoms with Crippen molar-refractivity contribution in [3.63, 3.8) is 0 Å². The Morgan fingerprint density at radius 1 is 0.917 bits per heavy atom. The minimum Gasteiger partial charge on any atom is -0.293 e. The minimum absolute atomic E-state index is 0.149. The van der Waals surface area contributed by atoms with Crippen molar-refractivity contribution in [2.75, 3.05) is 11.7 Å². The number of hydrogen-bond donors (Lipinski definition) is 2. The molecule has 0 radical (unpaired) electrons. The van der Waals surface area contributed by atoms with Crippen LogP contribution in [0, 0.1) is 29.1 Å². The molecule has 0 aromatic heterocycles. The van der Waals surface area contributed by atoms with E-state index in [0.29, 0.717) is 0 Å². The maximum Gasteiger partial charge on any atom is 0.269 e. The molecule has 128 valence electrons. The molecule has 0 saturated heterocycles. The largest absolute Gasteiger partial charge is 0.293 e. The Morgan fingerprint density at radius 3 is 1.92 bits per heavy atom.